The van der Waals surface area contributed by atoms with Crippen molar-refractivity contribution >= 4 is 33.6 Å². The molecule has 0 radical (unpaired) electrons. The molecule has 0 saturated heterocycles. The number of nitrogens with one attached hydrogen (secondary N) is 1. The van der Waals surface area contributed by atoms with Gasteiger partial charge in [-0.25, -0.2) is 0 Å². The smallest absolute Gasteiger partial charge is 0.416 e. The van der Waals surface area contributed by atoms with Crippen LogP contribution in [0.2, 0.25) is 0 Å². The summed E-state index contributed by atoms with van der Waals surface area (Å²) in [5.74, 6) is -0.909. The van der Waals surface area contributed by atoms with E-state index in [-0.39, 0.29) is 27.2 Å². The molecule has 27 heavy (non-hydrogen) atoms. The fourth-order valence-electron chi connectivity index (χ4n) is 2.12. The lowest BCUT2D eigenvalue weighted by Crippen LogP contribution is -2.14. The molecule has 2 aromatic carbocycles. The molecule has 2 rings (SSSR count). The van der Waals surface area contributed by atoms with Crippen LogP contribution in [0, 0.1) is 11.3 Å². The van der Waals surface area contributed by atoms with Crippen LogP contribution in [0.1, 0.15) is 11.1 Å². The summed E-state index contributed by atoms with van der Waals surface area (Å²) >= 11 is 3.12. The van der Waals surface area contributed by atoms with Gasteiger partial charge in [-0.1, -0.05) is 6.07 Å². The van der Waals surface area contributed by atoms with Gasteiger partial charge in [-0.15, -0.1) is 0 Å². The van der Waals surface area contributed by atoms with Crippen molar-refractivity contribution in [2.75, 3.05) is 12.4 Å². The molecule has 0 atom stereocenters. The molecule has 2 N–H and O–H groups in total. The standard InChI is InChI=1S/C18H12BrF3N2O3/c1-27-15-7-10(6-14(19)16(15)25)5-11(9-23)17(26)24-13-4-2-3-12(8-13)18(20,21)22/h2-8,25H,1H3,(H,24,26). The van der Waals surface area contributed by atoms with E-state index >= 15 is 0 Å². The highest BCUT2D eigenvalue weighted by atomic mass is 79.9. The van der Waals surface area contributed by atoms with Gasteiger partial charge in [-0.3, -0.25) is 4.79 Å². The number of hydrogen-bond acceptors (Lipinski definition) is 4. The van der Waals surface area contributed by atoms with Crippen molar-refractivity contribution in [2.24, 2.45) is 0 Å². The first-order chi connectivity index (χ1) is 12.7. The number of methoxy groups -OCH3 is 1. The maximum Gasteiger partial charge on any atom is 0.416 e. The Kier molecular flexibility index (Phi) is 6.13. The van der Waals surface area contributed by atoms with E-state index in [0.29, 0.717) is 5.56 Å². The summed E-state index contributed by atoms with van der Waals surface area (Å²) in [7, 11) is 1.33. The fraction of sp³-hybridized carbons (Fsp3) is 0.111. The maximum absolute atomic E-state index is 12.7. The van der Waals surface area contributed by atoms with E-state index in [1.807, 2.05) is 0 Å². The lowest BCUT2D eigenvalue weighted by atomic mass is 10.1. The molecular weight excluding hydrogens is 429 g/mol. The van der Waals surface area contributed by atoms with E-state index in [4.69, 9.17) is 4.74 Å². The van der Waals surface area contributed by atoms with Crippen molar-refractivity contribution < 1.29 is 27.8 Å². The number of anilines is 1. The lowest BCUT2D eigenvalue weighted by molar-refractivity contribution is -0.137. The summed E-state index contributed by atoms with van der Waals surface area (Å²) in [5, 5.41) is 21.3. The highest BCUT2D eigenvalue weighted by Crippen LogP contribution is 2.36. The van der Waals surface area contributed by atoms with Gasteiger partial charge in [0.25, 0.3) is 5.91 Å². The number of benzene rings is 2. The predicted octanol–water partition coefficient (Wildman–Crippen LogP) is 4.73. The maximum atomic E-state index is 12.7. The Hall–Kier alpha value is -2.99. The summed E-state index contributed by atoms with van der Waals surface area (Å²) in [5.41, 5.74) is -0.991. The van der Waals surface area contributed by atoms with E-state index in [1.54, 1.807) is 6.07 Å². The Bertz CT molecular complexity index is 950. The van der Waals surface area contributed by atoms with Gasteiger partial charge in [0, 0.05) is 5.69 Å². The van der Waals surface area contributed by atoms with Crippen LogP contribution in [0.15, 0.2) is 46.4 Å². The van der Waals surface area contributed by atoms with Gasteiger partial charge >= 0.3 is 6.18 Å². The van der Waals surface area contributed by atoms with Crippen LogP contribution in [0.4, 0.5) is 18.9 Å². The number of aromatic hydroxyl groups is 1. The van der Waals surface area contributed by atoms with Gasteiger partial charge in [0.05, 0.1) is 17.1 Å². The molecule has 0 fully saturated rings. The molecule has 2 aromatic rings. The van der Waals surface area contributed by atoms with Crippen molar-refractivity contribution in [3.05, 3.63) is 57.6 Å². The topological polar surface area (TPSA) is 82.3 Å². The van der Waals surface area contributed by atoms with Crippen molar-refractivity contribution in [3.8, 4) is 17.6 Å². The van der Waals surface area contributed by atoms with E-state index in [0.717, 1.165) is 18.2 Å². The van der Waals surface area contributed by atoms with Crippen molar-refractivity contribution in [2.45, 2.75) is 6.18 Å². The first-order valence-electron chi connectivity index (χ1n) is 7.32. The average molecular weight is 441 g/mol. The molecule has 0 unspecified atom stereocenters. The highest BCUT2D eigenvalue weighted by molar-refractivity contribution is 9.10. The Morgan fingerprint density at radius 1 is 1.33 bits per heavy atom. The third kappa shape index (κ3) is 5.01. The molecule has 9 heteroatoms. The van der Waals surface area contributed by atoms with Crippen LogP contribution in [0.5, 0.6) is 11.5 Å². The normalized spacial score (nSPS) is 11.6. The highest BCUT2D eigenvalue weighted by Gasteiger charge is 2.30. The number of carbonyl (C=O) groups is 1. The van der Waals surface area contributed by atoms with Crippen molar-refractivity contribution in [1.82, 2.24) is 0 Å². The van der Waals surface area contributed by atoms with Gasteiger partial charge in [0.2, 0.25) is 0 Å². The molecule has 140 valence electrons. The minimum atomic E-state index is -4.55. The quantitative estimate of drug-likeness (QED) is 0.531. The van der Waals surface area contributed by atoms with Crippen molar-refractivity contribution in [3.63, 3.8) is 0 Å². The Morgan fingerprint density at radius 2 is 2.04 bits per heavy atom. The van der Waals surface area contributed by atoms with Crippen LogP contribution < -0.4 is 10.1 Å². The van der Waals surface area contributed by atoms with Gasteiger partial charge < -0.3 is 15.2 Å². The summed E-state index contributed by atoms with van der Waals surface area (Å²) in [6.45, 7) is 0. The molecule has 1 amide bonds. The number of ether oxygens (including phenoxy) is 1. The summed E-state index contributed by atoms with van der Waals surface area (Å²) in [6.07, 6.45) is -3.33. The number of carbonyl (C=O) groups excluding carboxylic acids is 1. The number of rotatable bonds is 4. The van der Waals surface area contributed by atoms with Crippen molar-refractivity contribution in [1.29, 1.82) is 5.26 Å². The van der Waals surface area contributed by atoms with Gasteiger partial charge in [0.1, 0.15) is 11.6 Å². The zero-order valence-electron chi connectivity index (χ0n) is 13.8. The van der Waals surface area contributed by atoms with Crippen LogP contribution in [-0.2, 0) is 11.0 Å². The number of hydrogen-bond donors (Lipinski definition) is 2. The summed E-state index contributed by atoms with van der Waals surface area (Å²) < 4.78 is 43.5. The molecule has 5 nitrogen and oxygen atoms in total. The minimum absolute atomic E-state index is 0.0968. The third-order valence-corrected chi connectivity index (χ3v) is 4.00. The van der Waals surface area contributed by atoms with Gasteiger partial charge in [-0.05, 0) is 57.9 Å². The number of amides is 1. The largest absolute Gasteiger partial charge is 0.503 e. The number of phenolic OH excluding ortho intramolecular Hbond substituents is 1. The average Bonchev–Trinajstić information content (AvgIpc) is 2.61. The van der Waals surface area contributed by atoms with Crippen LogP contribution in [0.3, 0.4) is 0 Å². The second-order valence-corrected chi connectivity index (χ2v) is 6.11. The predicted molar refractivity (Wildman–Crippen MR) is 96.0 cm³/mol. The Labute approximate surface area is 160 Å². The number of nitrogens with zero attached hydrogens (tertiary/aromatic N) is 1. The SMILES string of the molecule is COc1cc(C=C(C#N)C(=O)Nc2cccc(C(F)(F)F)c2)cc(Br)c1O. The Balaban J connectivity index is 2.31. The molecule has 0 aliphatic rings. The first-order valence-corrected chi connectivity index (χ1v) is 8.12. The zero-order valence-corrected chi connectivity index (χ0v) is 15.4. The van der Waals surface area contributed by atoms with E-state index in [1.165, 1.54) is 31.4 Å². The number of nitriles is 1. The first kappa shape index (κ1) is 20.3. The van der Waals surface area contributed by atoms with Crippen LogP contribution >= 0.6 is 15.9 Å². The number of phenols is 1. The molecule has 0 saturated carbocycles. The zero-order chi connectivity index (χ0) is 20.2. The second-order valence-electron chi connectivity index (χ2n) is 5.26. The van der Waals surface area contributed by atoms with Crippen LogP contribution in [-0.4, -0.2) is 18.1 Å². The number of alkyl halides is 3. The minimum Gasteiger partial charge on any atom is -0.503 e. The van der Waals surface area contributed by atoms with E-state index in [2.05, 4.69) is 21.2 Å². The second kappa shape index (κ2) is 8.14. The summed E-state index contributed by atoms with van der Waals surface area (Å²) in [4.78, 5) is 12.2. The third-order valence-electron chi connectivity index (χ3n) is 3.39. The van der Waals surface area contributed by atoms with Crippen LogP contribution in [0.25, 0.3) is 6.08 Å². The Morgan fingerprint density at radius 3 is 2.63 bits per heavy atom. The molecule has 0 aromatic heterocycles. The molecule has 0 aliphatic heterocycles. The van der Waals surface area contributed by atoms with Gasteiger partial charge in [0.15, 0.2) is 11.5 Å². The van der Waals surface area contributed by atoms with E-state index < -0.39 is 17.6 Å². The molecule has 0 heterocycles. The number of halogens is 4. The molecule has 0 spiro atoms. The molecule has 0 bridgehead atoms. The van der Waals surface area contributed by atoms with E-state index in [9.17, 15) is 28.3 Å². The summed E-state index contributed by atoms with van der Waals surface area (Å²) in [6, 6.07) is 8.62. The molecular formula is C18H12BrF3N2O3. The molecule has 0 aliphatic carbocycles. The van der Waals surface area contributed by atoms with Gasteiger partial charge in [-0.2, -0.15) is 18.4 Å². The lowest BCUT2D eigenvalue weighted by Gasteiger charge is -2.10. The fourth-order valence-corrected chi connectivity index (χ4v) is 2.58. The monoisotopic (exact) mass is 440 g/mol.